The fourth-order valence-electron chi connectivity index (χ4n) is 2.02. The van der Waals surface area contributed by atoms with Crippen molar-refractivity contribution >= 4 is 22.6 Å². The van der Waals surface area contributed by atoms with Crippen LogP contribution in [0.25, 0.3) is 11.0 Å². The number of aromatic nitrogens is 1. The van der Waals surface area contributed by atoms with Crippen LogP contribution < -0.4 is 15.7 Å². The van der Waals surface area contributed by atoms with Crippen molar-refractivity contribution in [2.45, 2.75) is 0 Å². The summed E-state index contributed by atoms with van der Waals surface area (Å²) in [6, 6.07) is 9.75. The highest BCUT2D eigenvalue weighted by Crippen LogP contribution is 2.20. The van der Waals surface area contributed by atoms with Crippen LogP contribution in [0.3, 0.4) is 0 Å². The van der Waals surface area contributed by atoms with Gasteiger partial charge in [0.1, 0.15) is 16.9 Å². The van der Waals surface area contributed by atoms with E-state index in [0.29, 0.717) is 22.4 Å². The Morgan fingerprint density at radius 1 is 1.18 bits per heavy atom. The second-order valence-corrected chi connectivity index (χ2v) is 4.54. The van der Waals surface area contributed by atoms with Gasteiger partial charge in [0.05, 0.1) is 7.11 Å². The maximum absolute atomic E-state index is 12.2. The number of benzene rings is 1. The minimum absolute atomic E-state index is 0.0717. The lowest BCUT2D eigenvalue weighted by molar-refractivity contribution is 0.102. The molecule has 22 heavy (non-hydrogen) atoms. The van der Waals surface area contributed by atoms with Crippen LogP contribution in [-0.4, -0.2) is 18.0 Å². The van der Waals surface area contributed by atoms with E-state index in [0.717, 1.165) is 0 Å². The molecule has 6 heteroatoms. The second-order valence-electron chi connectivity index (χ2n) is 4.54. The molecular weight excluding hydrogens is 284 g/mol. The van der Waals surface area contributed by atoms with E-state index < -0.39 is 11.5 Å². The SMILES string of the molecule is COc1ccc2oc(=O)c(C(=O)Nc3ccncc3)cc2c1. The number of rotatable bonds is 3. The third-order valence-electron chi connectivity index (χ3n) is 3.12. The van der Waals surface area contributed by atoms with Crippen molar-refractivity contribution in [3.63, 3.8) is 0 Å². The Labute approximate surface area is 125 Å². The van der Waals surface area contributed by atoms with Crippen LogP contribution in [0.4, 0.5) is 5.69 Å². The highest BCUT2D eigenvalue weighted by atomic mass is 16.5. The quantitative estimate of drug-likeness (QED) is 0.751. The number of hydrogen-bond donors (Lipinski definition) is 1. The lowest BCUT2D eigenvalue weighted by Gasteiger charge is -2.05. The van der Waals surface area contributed by atoms with Gasteiger partial charge in [-0.2, -0.15) is 0 Å². The highest BCUT2D eigenvalue weighted by Gasteiger charge is 2.14. The molecule has 0 aliphatic heterocycles. The van der Waals surface area contributed by atoms with Gasteiger partial charge in [0.2, 0.25) is 0 Å². The Bertz CT molecular complexity index is 888. The van der Waals surface area contributed by atoms with E-state index in [2.05, 4.69) is 10.3 Å². The van der Waals surface area contributed by atoms with Crippen molar-refractivity contribution in [3.05, 3.63) is 64.8 Å². The summed E-state index contributed by atoms with van der Waals surface area (Å²) in [4.78, 5) is 28.0. The summed E-state index contributed by atoms with van der Waals surface area (Å²) < 4.78 is 10.3. The van der Waals surface area contributed by atoms with Crippen LogP contribution in [0.2, 0.25) is 0 Å². The Morgan fingerprint density at radius 2 is 1.95 bits per heavy atom. The van der Waals surface area contributed by atoms with Crippen molar-refractivity contribution in [2.24, 2.45) is 0 Å². The third kappa shape index (κ3) is 2.67. The molecule has 0 aliphatic rings. The predicted octanol–water partition coefficient (Wildman–Crippen LogP) is 2.45. The summed E-state index contributed by atoms with van der Waals surface area (Å²) in [5, 5.41) is 3.23. The summed E-state index contributed by atoms with van der Waals surface area (Å²) in [7, 11) is 1.54. The van der Waals surface area contributed by atoms with Gasteiger partial charge in [-0.25, -0.2) is 4.79 Å². The summed E-state index contributed by atoms with van der Waals surface area (Å²) in [5.74, 6) is 0.0755. The smallest absolute Gasteiger partial charge is 0.349 e. The van der Waals surface area contributed by atoms with Crippen molar-refractivity contribution in [3.8, 4) is 5.75 Å². The van der Waals surface area contributed by atoms with E-state index >= 15 is 0 Å². The van der Waals surface area contributed by atoms with Gasteiger partial charge >= 0.3 is 5.63 Å². The molecule has 0 atom stereocenters. The first-order chi connectivity index (χ1) is 10.7. The molecule has 0 saturated carbocycles. The van der Waals surface area contributed by atoms with Gasteiger partial charge in [-0.05, 0) is 36.4 Å². The molecule has 0 saturated heterocycles. The first-order valence-electron chi connectivity index (χ1n) is 6.50. The number of nitrogens with one attached hydrogen (secondary N) is 1. The zero-order chi connectivity index (χ0) is 15.5. The predicted molar refractivity (Wildman–Crippen MR) is 81.2 cm³/mol. The van der Waals surface area contributed by atoms with E-state index in [9.17, 15) is 9.59 Å². The molecule has 3 aromatic rings. The average molecular weight is 296 g/mol. The molecule has 0 spiro atoms. The normalized spacial score (nSPS) is 10.4. The number of methoxy groups -OCH3 is 1. The maximum Gasteiger partial charge on any atom is 0.349 e. The molecule has 0 radical (unpaired) electrons. The number of ether oxygens (including phenoxy) is 1. The van der Waals surface area contributed by atoms with Gasteiger partial charge in [-0.15, -0.1) is 0 Å². The molecule has 0 fully saturated rings. The lowest BCUT2D eigenvalue weighted by Crippen LogP contribution is -2.20. The van der Waals surface area contributed by atoms with Crippen molar-refractivity contribution in [2.75, 3.05) is 12.4 Å². The first-order valence-corrected chi connectivity index (χ1v) is 6.50. The summed E-state index contributed by atoms with van der Waals surface area (Å²) in [6.45, 7) is 0. The Kier molecular flexibility index (Phi) is 3.57. The molecule has 0 aliphatic carbocycles. The molecule has 2 heterocycles. The lowest BCUT2D eigenvalue weighted by atomic mass is 10.1. The monoisotopic (exact) mass is 296 g/mol. The van der Waals surface area contributed by atoms with Crippen LogP contribution >= 0.6 is 0 Å². The fourth-order valence-corrected chi connectivity index (χ4v) is 2.02. The van der Waals surface area contributed by atoms with E-state index in [-0.39, 0.29) is 5.56 Å². The molecule has 1 amide bonds. The van der Waals surface area contributed by atoms with Crippen molar-refractivity contribution < 1.29 is 13.9 Å². The molecule has 3 rings (SSSR count). The van der Waals surface area contributed by atoms with Crippen LogP contribution in [0.5, 0.6) is 5.75 Å². The minimum atomic E-state index is -0.691. The first kappa shape index (κ1) is 13.8. The van der Waals surface area contributed by atoms with Crippen molar-refractivity contribution in [1.29, 1.82) is 0 Å². The third-order valence-corrected chi connectivity index (χ3v) is 3.12. The topological polar surface area (TPSA) is 81.4 Å². The summed E-state index contributed by atoms with van der Waals surface area (Å²) in [6.07, 6.45) is 3.09. The minimum Gasteiger partial charge on any atom is -0.497 e. The van der Waals surface area contributed by atoms with Crippen LogP contribution in [0.1, 0.15) is 10.4 Å². The van der Waals surface area contributed by atoms with E-state index in [1.165, 1.54) is 13.2 Å². The number of hydrogen-bond acceptors (Lipinski definition) is 5. The number of nitrogens with zero attached hydrogens (tertiary/aromatic N) is 1. The van der Waals surface area contributed by atoms with E-state index in [4.69, 9.17) is 9.15 Å². The van der Waals surface area contributed by atoms with Crippen LogP contribution in [-0.2, 0) is 0 Å². The van der Waals surface area contributed by atoms with Crippen LogP contribution in [0.15, 0.2) is 58.0 Å². The molecule has 110 valence electrons. The Morgan fingerprint density at radius 3 is 2.68 bits per heavy atom. The number of pyridine rings is 1. The van der Waals surface area contributed by atoms with Gasteiger partial charge in [0, 0.05) is 23.5 Å². The van der Waals surface area contributed by atoms with Gasteiger partial charge in [0.15, 0.2) is 0 Å². The Hall–Kier alpha value is -3.15. The molecule has 0 unspecified atom stereocenters. The molecular formula is C16H12N2O4. The number of anilines is 1. The van der Waals surface area contributed by atoms with Gasteiger partial charge in [-0.1, -0.05) is 0 Å². The average Bonchev–Trinajstić information content (AvgIpc) is 2.54. The number of carbonyl (C=O) groups excluding carboxylic acids is 1. The summed E-state index contributed by atoms with van der Waals surface area (Å²) >= 11 is 0. The van der Waals surface area contributed by atoms with Gasteiger partial charge < -0.3 is 14.5 Å². The number of fused-ring (bicyclic) bond motifs is 1. The fraction of sp³-hybridized carbons (Fsp3) is 0.0625. The zero-order valence-corrected chi connectivity index (χ0v) is 11.7. The molecule has 2 aromatic heterocycles. The standard InChI is InChI=1S/C16H12N2O4/c1-21-12-2-3-14-10(8-12)9-13(16(20)22-14)15(19)18-11-4-6-17-7-5-11/h2-9H,1H3,(H,17,18,19). The van der Waals surface area contributed by atoms with E-state index in [1.807, 2.05) is 0 Å². The zero-order valence-electron chi connectivity index (χ0n) is 11.7. The van der Waals surface area contributed by atoms with Gasteiger partial charge in [0.25, 0.3) is 5.91 Å². The number of carbonyl (C=O) groups is 1. The largest absolute Gasteiger partial charge is 0.497 e. The van der Waals surface area contributed by atoms with Crippen molar-refractivity contribution in [1.82, 2.24) is 4.98 Å². The van der Waals surface area contributed by atoms with Crippen LogP contribution in [0, 0.1) is 0 Å². The molecule has 1 aromatic carbocycles. The molecule has 0 bridgehead atoms. The second kappa shape index (κ2) is 5.69. The molecule has 6 nitrogen and oxygen atoms in total. The highest BCUT2D eigenvalue weighted by molar-refractivity contribution is 6.05. The van der Waals surface area contributed by atoms with E-state index in [1.54, 1.807) is 42.7 Å². The number of amides is 1. The Balaban J connectivity index is 2.00. The molecule has 1 N–H and O–H groups in total. The summed E-state index contributed by atoms with van der Waals surface area (Å²) in [5.41, 5.74) is 0.179. The maximum atomic E-state index is 12.2. The van der Waals surface area contributed by atoms with Gasteiger partial charge in [-0.3, -0.25) is 9.78 Å².